The van der Waals surface area contributed by atoms with Crippen molar-refractivity contribution in [3.63, 3.8) is 0 Å². The lowest BCUT2D eigenvalue weighted by Gasteiger charge is -2.10. The lowest BCUT2D eigenvalue weighted by atomic mass is 10.1. The maximum Gasteiger partial charge on any atom is 0.287 e. The predicted molar refractivity (Wildman–Crippen MR) is 98.1 cm³/mol. The van der Waals surface area contributed by atoms with E-state index in [4.69, 9.17) is 4.74 Å². The summed E-state index contributed by atoms with van der Waals surface area (Å²) < 4.78 is 5.84. The summed E-state index contributed by atoms with van der Waals surface area (Å²) in [4.78, 5) is 25.1. The topological polar surface area (TPSA) is 81.5 Å². The van der Waals surface area contributed by atoms with Crippen LogP contribution < -0.4 is 10.1 Å². The van der Waals surface area contributed by atoms with Crippen LogP contribution in [0.15, 0.2) is 76.5 Å². The fraction of sp³-hybridized carbons (Fsp3) is 0. The Kier molecular flexibility index (Phi) is 4.06. The third-order valence-electron chi connectivity index (χ3n) is 3.81. The molecule has 1 aliphatic rings. The first kappa shape index (κ1) is 16.2. The van der Waals surface area contributed by atoms with E-state index < -0.39 is 10.8 Å². The minimum absolute atomic E-state index is 0.0800. The van der Waals surface area contributed by atoms with E-state index in [1.807, 2.05) is 30.3 Å². The van der Waals surface area contributed by atoms with Crippen molar-refractivity contribution in [1.82, 2.24) is 0 Å². The number of fused-ring (bicyclic) bond motifs is 2. The van der Waals surface area contributed by atoms with E-state index in [2.05, 4.69) is 5.32 Å². The molecule has 7 heteroatoms. The summed E-state index contributed by atoms with van der Waals surface area (Å²) in [6, 6.07) is 19.5. The van der Waals surface area contributed by atoms with Crippen LogP contribution in [0.2, 0.25) is 0 Å². The first-order chi connectivity index (χ1) is 12.6. The molecule has 128 valence electrons. The Morgan fingerprint density at radius 1 is 0.923 bits per heavy atom. The van der Waals surface area contributed by atoms with Gasteiger partial charge in [-0.25, -0.2) is 0 Å². The van der Waals surface area contributed by atoms with Gasteiger partial charge in [0, 0.05) is 15.9 Å². The van der Waals surface area contributed by atoms with Crippen LogP contribution in [0.25, 0.3) is 0 Å². The van der Waals surface area contributed by atoms with Crippen molar-refractivity contribution in [3.05, 3.63) is 82.4 Å². The number of rotatable bonds is 3. The number of carbonyl (C=O) groups is 1. The average molecular weight is 364 g/mol. The maximum absolute atomic E-state index is 12.6. The van der Waals surface area contributed by atoms with Crippen LogP contribution in [-0.4, -0.2) is 10.8 Å². The van der Waals surface area contributed by atoms with Crippen molar-refractivity contribution in [3.8, 4) is 11.5 Å². The number of para-hydroxylation sites is 2. The summed E-state index contributed by atoms with van der Waals surface area (Å²) in [7, 11) is 0. The fourth-order valence-electron chi connectivity index (χ4n) is 2.67. The average Bonchev–Trinajstić information content (AvgIpc) is 2.77. The van der Waals surface area contributed by atoms with Crippen LogP contribution in [-0.2, 0) is 0 Å². The lowest BCUT2D eigenvalue weighted by Crippen LogP contribution is -2.12. The van der Waals surface area contributed by atoms with Gasteiger partial charge in [0.25, 0.3) is 11.6 Å². The third-order valence-corrected chi connectivity index (χ3v) is 4.79. The number of nitrogens with zero attached hydrogens (tertiary/aromatic N) is 1. The molecular formula is C19H12N2O4S. The third kappa shape index (κ3) is 3.00. The van der Waals surface area contributed by atoms with Gasteiger partial charge in [0.05, 0.1) is 10.6 Å². The summed E-state index contributed by atoms with van der Waals surface area (Å²) in [6.07, 6.45) is 0. The quantitative estimate of drug-likeness (QED) is 0.516. The standard InChI is InChI=1S/C19H12N2O4S/c22-19-18-15(21(23)24)10-13(26-12-6-2-1-3-7-12)11-17(18)25-16-9-5-4-8-14(16)20-19/h1-11H,(H,20,22). The molecule has 0 radical (unpaired) electrons. The molecule has 0 aliphatic carbocycles. The zero-order valence-electron chi connectivity index (χ0n) is 13.3. The smallest absolute Gasteiger partial charge is 0.287 e. The number of nitro groups is 1. The van der Waals surface area contributed by atoms with E-state index in [0.717, 1.165) is 4.90 Å². The van der Waals surface area contributed by atoms with Gasteiger partial charge < -0.3 is 10.1 Å². The molecule has 0 saturated heterocycles. The van der Waals surface area contributed by atoms with Gasteiger partial charge in [0.2, 0.25) is 0 Å². The first-order valence-corrected chi connectivity index (χ1v) is 8.57. The number of ether oxygens (including phenoxy) is 1. The first-order valence-electron chi connectivity index (χ1n) is 7.75. The van der Waals surface area contributed by atoms with Crippen LogP contribution in [0.1, 0.15) is 10.4 Å². The van der Waals surface area contributed by atoms with Gasteiger partial charge in [-0.1, -0.05) is 42.1 Å². The van der Waals surface area contributed by atoms with Gasteiger partial charge in [0.15, 0.2) is 11.3 Å². The van der Waals surface area contributed by atoms with Gasteiger partial charge in [0.1, 0.15) is 5.75 Å². The fourth-order valence-corrected chi connectivity index (χ4v) is 3.58. The van der Waals surface area contributed by atoms with Crippen molar-refractivity contribution in [2.45, 2.75) is 9.79 Å². The number of hydrogen-bond donors (Lipinski definition) is 1. The molecule has 0 aromatic heterocycles. The van der Waals surface area contributed by atoms with E-state index in [9.17, 15) is 14.9 Å². The molecule has 0 unspecified atom stereocenters. The van der Waals surface area contributed by atoms with Gasteiger partial charge >= 0.3 is 0 Å². The number of nitro benzene ring substituents is 1. The monoisotopic (exact) mass is 364 g/mol. The highest BCUT2D eigenvalue weighted by Crippen LogP contribution is 2.42. The molecule has 0 spiro atoms. The summed E-state index contributed by atoms with van der Waals surface area (Å²) in [5, 5.41) is 14.2. The summed E-state index contributed by atoms with van der Waals surface area (Å²) in [5.74, 6) is 0.0451. The van der Waals surface area contributed by atoms with Crippen LogP contribution in [0.5, 0.6) is 11.5 Å². The van der Waals surface area contributed by atoms with E-state index in [0.29, 0.717) is 16.3 Å². The Bertz CT molecular complexity index is 1020. The molecule has 1 N–H and O–H groups in total. The minimum Gasteiger partial charge on any atom is -0.454 e. The van der Waals surface area contributed by atoms with Crippen LogP contribution in [0.3, 0.4) is 0 Å². The van der Waals surface area contributed by atoms with Gasteiger partial charge in [-0.05, 0) is 30.3 Å². The molecule has 3 aromatic carbocycles. The molecule has 1 aliphatic heterocycles. The van der Waals surface area contributed by atoms with E-state index in [1.165, 1.54) is 17.8 Å². The van der Waals surface area contributed by atoms with Crippen molar-refractivity contribution in [1.29, 1.82) is 0 Å². The van der Waals surface area contributed by atoms with Gasteiger partial charge in [-0.15, -0.1) is 0 Å². The van der Waals surface area contributed by atoms with Crippen molar-refractivity contribution in [2.24, 2.45) is 0 Å². The zero-order chi connectivity index (χ0) is 18.1. The molecule has 0 bridgehead atoms. The zero-order valence-corrected chi connectivity index (χ0v) is 14.2. The minimum atomic E-state index is -0.563. The highest BCUT2D eigenvalue weighted by atomic mass is 32.2. The normalized spacial score (nSPS) is 12.2. The Balaban J connectivity index is 1.84. The summed E-state index contributed by atoms with van der Waals surface area (Å²) in [5.41, 5.74) is 0.107. The lowest BCUT2D eigenvalue weighted by molar-refractivity contribution is -0.385. The predicted octanol–water partition coefficient (Wildman–Crippen LogP) is 5.10. The SMILES string of the molecule is O=C1Nc2ccccc2Oc2cc(Sc3ccccc3)cc([N+](=O)[O-])c21. The number of nitrogens with one attached hydrogen (secondary N) is 1. The highest BCUT2D eigenvalue weighted by molar-refractivity contribution is 7.99. The number of benzene rings is 3. The van der Waals surface area contributed by atoms with Gasteiger partial charge in [-0.2, -0.15) is 0 Å². The van der Waals surface area contributed by atoms with Crippen LogP contribution in [0.4, 0.5) is 11.4 Å². The Morgan fingerprint density at radius 3 is 2.42 bits per heavy atom. The molecule has 0 atom stereocenters. The molecule has 26 heavy (non-hydrogen) atoms. The molecule has 0 saturated carbocycles. The van der Waals surface area contributed by atoms with E-state index in [1.54, 1.807) is 30.3 Å². The summed E-state index contributed by atoms with van der Waals surface area (Å²) in [6.45, 7) is 0. The number of carbonyl (C=O) groups excluding carboxylic acids is 1. The van der Waals surface area contributed by atoms with Gasteiger partial charge in [-0.3, -0.25) is 14.9 Å². The Labute approximate surface area is 153 Å². The second-order valence-electron chi connectivity index (χ2n) is 5.54. The van der Waals surface area contributed by atoms with Crippen molar-refractivity contribution >= 4 is 29.0 Å². The van der Waals surface area contributed by atoms with E-state index >= 15 is 0 Å². The molecule has 3 aromatic rings. The van der Waals surface area contributed by atoms with E-state index in [-0.39, 0.29) is 17.0 Å². The summed E-state index contributed by atoms with van der Waals surface area (Å²) >= 11 is 1.37. The van der Waals surface area contributed by atoms with Crippen molar-refractivity contribution in [2.75, 3.05) is 5.32 Å². The molecular weight excluding hydrogens is 352 g/mol. The van der Waals surface area contributed by atoms with Crippen LogP contribution >= 0.6 is 11.8 Å². The second kappa shape index (κ2) is 6.53. The molecule has 1 heterocycles. The Morgan fingerprint density at radius 2 is 1.65 bits per heavy atom. The van der Waals surface area contributed by atoms with Crippen LogP contribution in [0, 0.1) is 10.1 Å². The number of amides is 1. The van der Waals surface area contributed by atoms with Crippen molar-refractivity contribution < 1.29 is 14.5 Å². The Hall–Kier alpha value is -3.32. The largest absolute Gasteiger partial charge is 0.454 e. The molecule has 0 fully saturated rings. The number of anilines is 1. The molecule has 1 amide bonds. The molecule has 6 nitrogen and oxygen atoms in total. The maximum atomic E-state index is 12.6. The second-order valence-corrected chi connectivity index (χ2v) is 6.69. The number of hydrogen-bond acceptors (Lipinski definition) is 5. The highest BCUT2D eigenvalue weighted by Gasteiger charge is 2.30. The molecule has 4 rings (SSSR count).